The van der Waals surface area contributed by atoms with Gasteiger partial charge in [0.15, 0.2) is 0 Å². The molecule has 0 atom stereocenters. The van der Waals surface area contributed by atoms with Crippen LogP contribution in [0.2, 0.25) is 0 Å². The average molecular weight is 465 g/mol. The first-order valence-corrected chi connectivity index (χ1v) is 9.66. The number of anilines is 3. The van der Waals surface area contributed by atoms with Crippen molar-refractivity contribution < 1.29 is 32.2 Å². The zero-order valence-corrected chi connectivity index (χ0v) is 17.3. The normalized spacial score (nSPS) is 11.3. The van der Waals surface area contributed by atoms with E-state index in [1.165, 1.54) is 24.5 Å². The van der Waals surface area contributed by atoms with Crippen molar-refractivity contribution in [3.8, 4) is 17.0 Å². The lowest BCUT2D eigenvalue weighted by molar-refractivity contribution is -0.253. The minimum Gasteiger partial charge on any atom is -0.480 e. The van der Waals surface area contributed by atoms with Crippen LogP contribution in [0.4, 0.5) is 35.0 Å². The number of pyridine rings is 1. The lowest BCUT2D eigenvalue weighted by atomic mass is 10.2. The number of hydrogen-bond donors (Lipinski definition) is 2. The molecular formula is C21H19F4N5O3. The van der Waals surface area contributed by atoms with Crippen LogP contribution in [0.1, 0.15) is 6.92 Å². The summed E-state index contributed by atoms with van der Waals surface area (Å²) in [6.07, 6.45) is -5.61. The minimum absolute atomic E-state index is 0.113. The maximum Gasteiger partial charge on any atom is 0.461 e. The topological polar surface area (TPSA) is 100 Å². The Morgan fingerprint density at radius 3 is 2.64 bits per heavy atom. The first kappa shape index (κ1) is 23.7. The Hall–Kier alpha value is -3.96. The van der Waals surface area contributed by atoms with E-state index in [0.29, 0.717) is 23.6 Å². The number of nitrogens with zero attached hydrogens (tertiary/aromatic N) is 4. The van der Waals surface area contributed by atoms with Crippen molar-refractivity contribution in [2.45, 2.75) is 19.5 Å². The van der Waals surface area contributed by atoms with E-state index in [4.69, 9.17) is 5.11 Å². The number of alkyl halides is 4. The fraction of sp³-hybridized carbons (Fsp3) is 0.238. The lowest BCUT2D eigenvalue weighted by Crippen LogP contribution is -2.33. The monoisotopic (exact) mass is 465 g/mol. The number of ether oxygens (including phenoxy) is 1. The maximum absolute atomic E-state index is 13.2. The third-order valence-corrected chi connectivity index (χ3v) is 4.33. The summed E-state index contributed by atoms with van der Waals surface area (Å²) >= 11 is 0. The maximum atomic E-state index is 13.2. The van der Waals surface area contributed by atoms with E-state index in [0.717, 1.165) is 12.1 Å². The van der Waals surface area contributed by atoms with Crippen LogP contribution in [0.25, 0.3) is 11.3 Å². The van der Waals surface area contributed by atoms with Gasteiger partial charge < -0.3 is 20.1 Å². The van der Waals surface area contributed by atoms with E-state index in [1.54, 1.807) is 30.0 Å². The van der Waals surface area contributed by atoms with E-state index in [9.17, 15) is 22.4 Å². The number of rotatable bonds is 10. The SMILES string of the molecule is CCN(CC(=O)O)c1cc(-c2ccnc(Nc3cccc(OC(F)(F)C(F)F)c3)n2)ccn1. The Bertz CT molecular complexity index is 1120. The van der Waals surface area contributed by atoms with Gasteiger partial charge in [-0.1, -0.05) is 6.07 Å². The van der Waals surface area contributed by atoms with E-state index < -0.39 is 24.3 Å². The molecule has 3 rings (SSSR count). The highest BCUT2D eigenvalue weighted by molar-refractivity contribution is 5.74. The van der Waals surface area contributed by atoms with Crippen LogP contribution < -0.4 is 15.0 Å². The van der Waals surface area contributed by atoms with Gasteiger partial charge in [-0.15, -0.1) is 0 Å². The first-order valence-electron chi connectivity index (χ1n) is 9.66. The molecule has 33 heavy (non-hydrogen) atoms. The Balaban J connectivity index is 1.81. The molecule has 1 aromatic carbocycles. The number of aliphatic carboxylic acids is 1. The van der Waals surface area contributed by atoms with Gasteiger partial charge >= 0.3 is 18.5 Å². The Labute approximate surface area is 185 Å². The van der Waals surface area contributed by atoms with Crippen LogP contribution in [-0.4, -0.2) is 51.7 Å². The molecule has 0 saturated heterocycles. The van der Waals surface area contributed by atoms with Gasteiger partial charge in [0, 0.05) is 36.3 Å². The van der Waals surface area contributed by atoms with Gasteiger partial charge in [0.05, 0.1) is 5.69 Å². The fourth-order valence-electron chi connectivity index (χ4n) is 2.82. The number of hydrogen-bond acceptors (Lipinski definition) is 7. The molecule has 2 aromatic heterocycles. The molecule has 0 aliphatic carbocycles. The van der Waals surface area contributed by atoms with Gasteiger partial charge in [-0.25, -0.2) is 15.0 Å². The van der Waals surface area contributed by atoms with Crippen LogP contribution in [0.3, 0.4) is 0 Å². The second kappa shape index (κ2) is 10.1. The van der Waals surface area contributed by atoms with Crippen molar-refractivity contribution in [1.29, 1.82) is 0 Å². The van der Waals surface area contributed by atoms with E-state index in [2.05, 4.69) is 25.0 Å². The number of aromatic nitrogens is 3. The molecule has 0 aliphatic heterocycles. The summed E-state index contributed by atoms with van der Waals surface area (Å²) in [5, 5.41) is 11.9. The summed E-state index contributed by atoms with van der Waals surface area (Å²) in [5.41, 5.74) is 1.37. The van der Waals surface area contributed by atoms with Crippen LogP contribution in [0.5, 0.6) is 5.75 Å². The zero-order chi connectivity index (χ0) is 24.0. The molecule has 0 bridgehead atoms. The predicted octanol–water partition coefficient (Wildman–Crippen LogP) is 4.43. The number of halogens is 4. The third kappa shape index (κ3) is 6.28. The highest BCUT2D eigenvalue weighted by Crippen LogP contribution is 2.29. The van der Waals surface area contributed by atoms with Crippen LogP contribution in [-0.2, 0) is 4.79 Å². The smallest absolute Gasteiger partial charge is 0.461 e. The minimum atomic E-state index is -4.62. The number of nitrogens with one attached hydrogen (secondary N) is 1. The summed E-state index contributed by atoms with van der Waals surface area (Å²) in [4.78, 5) is 25.3. The molecule has 2 N–H and O–H groups in total. The highest BCUT2D eigenvalue weighted by atomic mass is 19.3. The largest absolute Gasteiger partial charge is 0.480 e. The van der Waals surface area contributed by atoms with Crippen molar-refractivity contribution in [2.24, 2.45) is 0 Å². The zero-order valence-electron chi connectivity index (χ0n) is 17.3. The molecule has 0 unspecified atom stereocenters. The number of likely N-dealkylation sites (N-methyl/N-ethyl adjacent to an activating group) is 1. The molecule has 0 spiro atoms. The summed E-state index contributed by atoms with van der Waals surface area (Å²) in [7, 11) is 0. The Morgan fingerprint density at radius 1 is 1.18 bits per heavy atom. The van der Waals surface area contributed by atoms with E-state index in [-0.39, 0.29) is 18.2 Å². The molecule has 0 amide bonds. The molecular weight excluding hydrogens is 446 g/mol. The molecule has 2 heterocycles. The molecule has 8 nitrogen and oxygen atoms in total. The van der Waals surface area contributed by atoms with Crippen molar-refractivity contribution in [3.05, 3.63) is 54.9 Å². The van der Waals surface area contributed by atoms with Gasteiger partial charge in [-0.05, 0) is 37.3 Å². The molecule has 0 saturated carbocycles. The molecule has 12 heteroatoms. The standard InChI is InChI=1S/C21H19F4N5O3/c1-2-30(12-18(31)32)17-10-13(6-8-26-17)16-7-9-27-20(29-16)28-14-4-3-5-15(11-14)33-21(24,25)19(22)23/h3-11,19H,2,12H2,1H3,(H,31,32)(H,27,28,29). The number of carboxylic acid groups (broad SMARTS) is 1. The van der Waals surface area contributed by atoms with Crippen molar-refractivity contribution in [2.75, 3.05) is 23.3 Å². The quantitative estimate of drug-likeness (QED) is 0.424. The van der Waals surface area contributed by atoms with Crippen molar-refractivity contribution in [1.82, 2.24) is 15.0 Å². The molecule has 0 fully saturated rings. The predicted molar refractivity (Wildman–Crippen MR) is 112 cm³/mol. The summed E-state index contributed by atoms with van der Waals surface area (Å²) < 4.78 is 55.1. The van der Waals surface area contributed by atoms with Gasteiger partial charge in [-0.3, -0.25) is 4.79 Å². The fourth-order valence-corrected chi connectivity index (χ4v) is 2.82. The van der Waals surface area contributed by atoms with Crippen LogP contribution >= 0.6 is 0 Å². The van der Waals surface area contributed by atoms with Gasteiger partial charge in [0.25, 0.3) is 0 Å². The summed E-state index contributed by atoms with van der Waals surface area (Å²) in [6, 6.07) is 10.1. The van der Waals surface area contributed by atoms with Crippen molar-refractivity contribution >= 4 is 23.4 Å². The number of benzene rings is 1. The van der Waals surface area contributed by atoms with Gasteiger partial charge in [-0.2, -0.15) is 17.6 Å². The number of carboxylic acids is 1. The Kier molecular flexibility index (Phi) is 7.26. The second-order valence-corrected chi connectivity index (χ2v) is 6.69. The Morgan fingerprint density at radius 2 is 1.94 bits per heavy atom. The van der Waals surface area contributed by atoms with Crippen LogP contribution in [0.15, 0.2) is 54.9 Å². The second-order valence-electron chi connectivity index (χ2n) is 6.69. The van der Waals surface area contributed by atoms with Gasteiger partial charge in [0.1, 0.15) is 18.1 Å². The molecule has 0 radical (unpaired) electrons. The summed E-state index contributed by atoms with van der Waals surface area (Å²) in [6.45, 7) is 2.02. The molecule has 3 aromatic rings. The van der Waals surface area contributed by atoms with Crippen LogP contribution in [0, 0.1) is 0 Å². The van der Waals surface area contributed by atoms with Gasteiger partial charge in [0.2, 0.25) is 5.95 Å². The van der Waals surface area contributed by atoms with E-state index >= 15 is 0 Å². The lowest BCUT2D eigenvalue weighted by Gasteiger charge is -2.20. The third-order valence-electron chi connectivity index (χ3n) is 4.33. The van der Waals surface area contributed by atoms with Crippen molar-refractivity contribution in [3.63, 3.8) is 0 Å². The molecule has 0 aliphatic rings. The first-order chi connectivity index (χ1) is 15.7. The molecule has 174 valence electrons. The van der Waals surface area contributed by atoms with E-state index in [1.807, 2.05) is 0 Å². The summed E-state index contributed by atoms with van der Waals surface area (Å²) in [5.74, 6) is -0.884. The number of carbonyl (C=O) groups is 1. The highest BCUT2D eigenvalue weighted by Gasteiger charge is 2.44. The average Bonchev–Trinajstić information content (AvgIpc) is 2.77.